The van der Waals surface area contributed by atoms with E-state index in [2.05, 4.69) is 25.9 Å². The smallest absolute Gasteiger partial charge is 0.236 e. The molecule has 0 aliphatic heterocycles. The van der Waals surface area contributed by atoms with Crippen molar-refractivity contribution < 1.29 is 9.13 Å². The monoisotopic (exact) mass is 282 g/mol. The van der Waals surface area contributed by atoms with Gasteiger partial charge in [0.05, 0.1) is 4.47 Å². The van der Waals surface area contributed by atoms with Crippen LogP contribution in [0, 0.1) is 12.7 Å². The molecule has 5 heteroatoms. The van der Waals surface area contributed by atoms with Crippen LogP contribution in [0.5, 0.6) is 11.6 Å². The lowest BCUT2D eigenvalue weighted by Gasteiger charge is -2.07. The van der Waals surface area contributed by atoms with Crippen LogP contribution in [-0.4, -0.2) is 9.97 Å². The number of hydrogen-bond donors (Lipinski definition) is 0. The van der Waals surface area contributed by atoms with Gasteiger partial charge in [0.15, 0.2) is 11.6 Å². The quantitative estimate of drug-likeness (QED) is 0.846. The summed E-state index contributed by atoms with van der Waals surface area (Å²) in [4.78, 5) is 7.69. The third-order valence-electron chi connectivity index (χ3n) is 2.00. The Bertz CT molecular complexity index is 519. The van der Waals surface area contributed by atoms with Gasteiger partial charge in [0.2, 0.25) is 5.88 Å². The highest BCUT2D eigenvalue weighted by atomic mass is 79.9. The van der Waals surface area contributed by atoms with Gasteiger partial charge in [0, 0.05) is 6.20 Å². The number of benzene rings is 1. The van der Waals surface area contributed by atoms with Crippen LogP contribution in [0.4, 0.5) is 4.39 Å². The number of nitrogens with zero attached hydrogens (tertiary/aromatic N) is 2. The highest BCUT2D eigenvalue weighted by Crippen LogP contribution is 2.28. The minimum absolute atomic E-state index is 0.152. The van der Waals surface area contributed by atoms with Crippen molar-refractivity contribution in [2.75, 3.05) is 0 Å². The van der Waals surface area contributed by atoms with E-state index in [9.17, 15) is 4.39 Å². The number of ether oxygens (including phenoxy) is 1. The molecule has 0 aliphatic rings. The van der Waals surface area contributed by atoms with Crippen LogP contribution in [0.25, 0.3) is 0 Å². The molecule has 2 aromatic rings. The molecule has 0 saturated carbocycles. The molecule has 82 valence electrons. The zero-order valence-electron chi connectivity index (χ0n) is 8.45. The van der Waals surface area contributed by atoms with E-state index in [0.717, 1.165) is 0 Å². The summed E-state index contributed by atoms with van der Waals surface area (Å²) in [5.74, 6) is 0.0620. The molecule has 2 rings (SSSR count). The van der Waals surface area contributed by atoms with Crippen LogP contribution in [-0.2, 0) is 0 Å². The largest absolute Gasteiger partial charge is 0.435 e. The van der Waals surface area contributed by atoms with Gasteiger partial charge in [-0.2, -0.15) is 0 Å². The fraction of sp³-hybridized carbons (Fsp3) is 0.0909. The van der Waals surface area contributed by atoms with E-state index in [-0.39, 0.29) is 11.6 Å². The van der Waals surface area contributed by atoms with Crippen molar-refractivity contribution in [3.63, 3.8) is 0 Å². The summed E-state index contributed by atoms with van der Waals surface area (Å²) >= 11 is 3.22. The summed E-state index contributed by atoms with van der Waals surface area (Å²) in [6, 6.07) is 4.96. The first-order valence-electron chi connectivity index (χ1n) is 4.57. The summed E-state index contributed by atoms with van der Waals surface area (Å²) in [6.07, 6.45) is 2.88. The Morgan fingerprint density at radius 2 is 2.19 bits per heavy atom. The third-order valence-corrected chi connectivity index (χ3v) is 2.54. The van der Waals surface area contributed by atoms with E-state index in [4.69, 9.17) is 4.74 Å². The van der Waals surface area contributed by atoms with Crippen molar-refractivity contribution in [2.24, 2.45) is 0 Å². The van der Waals surface area contributed by atoms with Crippen molar-refractivity contribution in [1.82, 2.24) is 9.97 Å². The van der Waals surface area contributed by atoms with Crippen molar-refractivity contribution >= 4 is 15.9 Å². The second kappa shape index (κ2) is 4.57. The van der Waals surface area contributed by atoms with E-state index >= 15 is 0 Å². The van der Waals surface area contributed by atoms with E-state index in [1.165, 1.54) is 12.5 Å². The standard InChI is InChI=1S/C11H8BrFN2O/c1-7-3-2-4-9(10(7)13)16-11-8(12)5-14-6-15-11/h2-6H,1H3. The molecule has 0 fully saturated rings. The second-order valence-corrected chi connectivity index (χ2v) is 4.02. The lowest BCUT2D eigenvalue weighted by molar-refractivity contribution is 0.422. The van der Waals surface area contributed by atoms with Gasteiger partial charge < -0.3 is 4.74 Å². The van der Waals surface area contributed by atoms with Crippen molar-refractivity contribution in [2.45, 2.75) is 6.92 Å². The van der Waals surface area contributed by atoms with E-state index in [1.54, 1.807) is 25.1 Å². The Labute approximate surface area is 100 Å². The molecule has 0 saturated heterocycles. The first kappa shape index (κ1) is 11.0. The van der Waals surface area contributed by atoms with Crippen LogP contribution in [0.1, 0.15) is 5.56 Å². The summed E-state index contributed by atoms with van der Waals surface area (Å²) < 4.78 is 19.6. The van der Waals surface area contributed by atoms with Gasteiger partial charge in [-0.1, -0.05) is 12.1 Å². The van der Waals surface area contributed by atoms with E-state index in [1.807, 2.05) is 0 Å². The van der Waals surface area contributed by atoms with Gasteiger partial charge in [-0.15, -0.1) is 0 Å². The second-order valence-electron chi connectivity index (χ2n) is 3.16. The van der Waals surface area contributed by atoms with Crippen LogP contribution >= 0.6 is 15.9 Å². The number of rotatable bonds is 2. The topological polar surface area (TPSA) is 35.0 Å². The fourth-order valence-electron chi connectivity index (χ4n) is 1.18. The molecule has 1 aromatic heterocycles. The normalized spacial score (nSPS) is 10.2. The molecule has 1 aromatic carbocycles. The molecule has 0 radical (unpaired) electrons. The van der Waals surface area contributed by atoms with Crippen molar-refractivity contribution in [3.05, 3.63) is 46.6 Å². The Morgan fingerprint density at radius 1 is 1.38 bits per heavy atom. The lowest BCUT2D eigenvalue weighted by atomic mass is 10.2. The zero-order valence-corrected chi connectivity index (χ0v) is 10.0. The molecule has 0 unspecified atom stereocenters. The van der Waals surface area contributed by atoms with Gasteiger partial charge in [-0.25, -0.2) is 14.4 Å². The molecule has 1 heterocycles. The molecule has 3 nitrogen and oxygen atoms in total. The van der Waals surface area contributed by atoms with Crippen molar-refractivity contribution in [3.8, 4) is 11.6 Å². The predicted octanol–water partition coefficient (Wildman–Crippen LogP) is 3.48. The SMILES string of the molecule is Cc1cccc(Oc2ncncc2Br)c1F. The summed E-state index contributed by atoms with van der Waals surface area (Å²) in [7, 11) is 0. The van der Waals surface area contributed by atoms with Gasteiger partial charge in [-0.05, 0) is 34.5 Å². The van der Waals surface area contributed by atoms with E-state index in [0.29, 0.717) is 15.9 Å². The van der Waals surface area contributed by atoms with Crippen LogP contribution in [0.15, 0.2) is 35.2 Å². The van der Waals surface area contributed by atoms with Crippen molar-refractivity contribution in [1.29, 1.82) is 0 Å². The summed E-state index contributed by atoms with van der Waals surface area (Å²) in [6.45, 7) is 1.68. The molecular formula is C11H8BrFN2O. The Balaban J connectivity index is 2.35. The van der Waals surface area contributed by atoms with E-state index < -0.39 is 0 Å². The number of aryl methyl sites for hydroxylation is 1. The number of halogens is 2. The minimum atomic E-state index is -0.381. The van der Waals surface area contributed by atoms with Gasteiger partial charge >= 0.3 is 0 Å². The molecule has 0 aliphatic carbocycles. The fourth-order valence-corrected chi connectivity index (χ4v) is 1.48. The maximum absolute atomic E-state index is 13.6. The first-order chi connectivity index (χ1) is 7.68. The van der Waals surface area contributed by atoms with Crippen LogP contribution in [0.3, 0.4) is 0 Å². The first-order valence-corrected chi connectivity index (χ1v) is 5.36. The zero-order chi connectivity index (χ0) is 11.5. The highest BCUT2D eigenvalue weighted by Gasteiger charge is 2.09. The molecule has 0 bridgehead atoms. The van der Waals surface area contributed by atoms with Gasteiger partial charge in [0.25, 0.3) is 0 Å². The molecular weight excluding hydrogens is 275 g/mol. The summed E-state index contributed by atoms with van der Waals surface area (Å²) in [5.41, 5.74) is 0.530. The summed E-state index contributed by atoms with van der Waals surface area (Å²) in [5, 5.41) is 0. The predicted molar refractivity (Wildman–Crippen MR) is 60.9 cm³/mol. The molecule has 0 atom stereocenters. The molecule has 0 amide bonds. The van der Waals surface area contributed by atoms with Crippen LogP contribution < -0.4 is 4.74 Å². The molecule has 16 heavy (non-hydrogen) atoms. The maximum Gasteiger partial charge on any atom is 0.236 e. The minimum Gasteiger partial charge on any atom is -0.435 e. The highest BCUT2D eigenvalue weighted by molar-refractivity contribution is 9.10. The molecule has 0 spiro atoms. The average molecular weight is 283 g/mol. The lowest BCUT2D eigenvalue weighted by Crippen LogP contribution is -1.94. The molecule has 0 N–H and O–H groups in total. The number of aromatic nitrogens is 2. The Kier molecular flexibility index (Phi) is 3.14. The average Bonchev–Trinajstić information content (AvgIpc) is 2.28. The van der Waals surface area contributed by atoms with Gasteiger partial charge in [0.1, 0.15) is 6.33 Å². The maximum atomic E-state index is 13.6. The Morgan fingerprint density at radius 3 is 2.94 bits per heavy atom. The third kappa shape index (κ3) is 2.19. The number of hydrogen-bond acceptors (Lipinski definition) is 3. The Hall–Kier alpha value is -1.49. The van der Waals surface area contributed by atoms with Crippen LogP contribution in [0.2, 0.25) is 0 Å². The van der Waals surface area contributed by atoms with Gasteiger partial charge in [-0.3, -0.25) is 0 Å².